The number of aryl methyl sites for hydroxylation is 2. The Morgan fingerprint density at radius 1 is 1.17 bits per heavy atom. The molecule has 0 aliphatic carbocycles. The van der Waals surface area contributed by atoms with Crippen LogP contribution in [-0.4, -0.2) is 72.5 Å². The van der Waals surface area contributed by atoms with Crippen molar-refractivity contribution in [3.63, 3.8) is 0 Å². The van der Waals surface area contributed by atoms with Crippen LogP contribution in [0.25, 0.3) is 0 Å². The van der Waals surface area contributed by atoms with Gasteiger partial charge >= 0.3 is 0 Å². The second kappa shape index (κ2) is 6.68. The Hall–Kier alpha value is -1.29. The van der Waals surface area contributed by atoms with Crippen molar-refractivity contribution in [2.24, 2.45) is 0 Å². The van der Waals surface area contributed by atoms with Gasteiger partial charge in [-0.2, -0.15) is 22.0 Å². The van der Waals surface area contributed by atoms with Gasteiger partial charge in [-0.25, -0.2) is 4.98 Å². The fourth-order valence-electron chi connectivity index (χ4n) is 2.86. The highest BCUT2D eigenvalue weighted by molar-refractivity contribution is 7.86. The van der Waals surface area contributed by atoms with Crippen LogP contribution in [0.1, 0.15) is 17.9 Å². The van der Waals surface area contributed by atoms with Crippen molar-refractivity contribution < 1.29 is 17.9 Å². The van der Waals surface area contributed by atoms with Gasteiger partial charge in [-0.15, -0.1) is 0 Å². The summed E-state index contributed by atoms with van der Waals surface area (Å²) in [6.45, 7) is 6.23. The predicted molar refractivity (Wildman–Crippen MR) is 83.4 cm³/mol. The molecular formula is C14H22N4O4S. The molecule has 0 bridgehead atoms. The SMILES string of the molecule is Cc1cc(O[C@@H]2CCN(S(=O)(=O)N3CCOCC3)C2)nc(C)n1. The van der Waals surface area contributed by atoms with Crippen LogP contribution in [0.3, 0.4) is 0 Å². The van der Waals surface area contributed by atoms with Crippen LogP contribution in [0, 0.1) is 13.8 Å². The molecule has 2 fully saturated rings. The molecule has 0 N–H and O–H groups in total. The Kier molecular flexibility index (Phi) is 4.81. The van der Waals surface area contributed by atoms with Gasteiger partial charge in [0, 0.05) is 31.4 Å². The molecule has 0 radical (unpaired) electrons. The van der Waals surface area contributed by atoms with E-state index in [0.717, 1.165) is 5.69 Å². The number of aromatic nitrogens is 2. The van der Waals surface area contributed by atoms with Crippen LogP contribution in [0.4, 0.5) is 0 Å². The van der Waals surface area contributed by atoms with Crippen molar-refractivity contribution in [3.8, 4) is 5.88 Å². The van der Waals surface area contributed by atoms with E-state index in [-0.39, 0.29) is 6.10 Å². The number of morpholine rings is 1. The number of hydrogen-bond acceptors (Lipinski definition) is 6. The van der Waals surface area contributed by atoms with Gasteiger partial charge in [-0.05, 0) is 20.3 Å². The molecule has 9 heteroatoms. The van der Waals surface area contributed by atoms with E-state index in [1.54, 1.807) is 6.07 Å². The van der Waals surface area contributed by atoms with Gasteiger partial charge < -0.3 is 9.47 Å². The molecular weight excluding hydrogens is 320 g/mol. The zero-order chi connectivity index (χ0) is 16.4. The maximum absolute atomic E-state index is 12.6. The molecule has 1 aromatic rings. The molecule has 2 aliphatic rings. The van der Waals surface area contributed by atoms with E-state index in [1.807, 2.05) is 13.8 Å². The molecule has 128 valence electrons. The van der Waals surface area contributed by atoms with E-state index in [2.05, 4.69) is 9.97 Å². The summed E-state index contributed by atoms with van der Waals surface area (Å²) < 4.78 is 39.3. The quantitative estimate of drug-likeness (QED) is 0.773. The Morgan fingerprint density at radius 2 is 1.91 bits per heavy atom. The van der Waals surface area contributed by atoms with E-state index >= 15 is 0 Å². The number of nitrogens with zero attached hydrogens (tertiary/aromatic N) is 4. The molecule has 2 aliphatic heterocycles. The van der Waals surface area contributed by atoms with E-state index in [4.69, 9.17) is 9.47 Å². The maximum atomic E-state index is 12.6. The van der Waals surface area contributed by atoms with Gasteiger partial charge in [0.1, 0.15) is 11.9 Å². The van der Waals surface area contributed by atoms with Crippen molar-refractivity contribution in [2.45, 2.75) is 26.4 Å². The number of hydrogen-bond donors (Lipinski definition) is 0. The summed E-state index contributed by atoms with van der Waals surface area (Å²) in [6.07, 6.45) is 0.477. The van der Waals surface area contributed by atoms with Gasteiger partial charge in [-0.3, -0.25) is 0 Å². The van der Waals surface area contributed by atoms with E-state index in [9.17, 15) is 8.42 Å². The lowest BCUT2D eigenvalue weighted by Crippen LogP contribution is -2.48. The third-order valence-corrected chi connectivity index (χ3v) is 5.96. The Bertz CT molecular complexity index is 640. The van der Waals surface area contributed by atoms with Crippen molar-refractivity contribution in [3.05, 3.63) is 17.6 Å². The van der Waals surface area contributed by atoms with Crippen molar-refractivity contribution in [2.75, 3.05) is 39.4 Å². The third kappa shape index (κ3) is 3.79. The molecule has 0 saturated carbocycles. The summed E-state index contributed by atoms with van der Waals surface area (Å²) in [6, 6.07) is 1.77. The van der Waals surface area contributed by atoms with Crippen molar-refractivity contribution in [1.29, 1.82) is 0 Å². The molecule has 3 rings (SSSR count). The van der Waals surface area contributed by atoms with Crippen LogP contribution >= 0.6 is 0 Å². The highest BCUT2D eigenvalue weighted by Crippen LogP contribution is 2.22. The van der Waals surface area contributed by atoms with Crippen molar-refractivity contribution >= 4 is 10.2 Å². The summed E-state index contributed by atoms with van der Waals surface area (Å²) in [5, 5.41) is 0. The summed E-state index contributed by atoms with van der Waals surface area (Å²) >= 11 is 0. The lowest BCUT2D eigenvalue weighted by Gasteiger charge is -2.29. The molecule has 1 aromatic heterocycles. The summed E-state index contributed by atoms with van der Waals surface area (Å²) in [7, 11) is -3.43. The summed E-state index contributed by atoms with van der Waals surface area (Å²) in [4.78, 5) is 8.45. The second-order valence-electron chi connectivity index (χ2n) is 5.80. The lowest BCUT2D eigenvalue weighted by atomic mass is 10.3. The zero-order valence-electron chi connectivity index (χ0n) is 13.4. The minimum atomic E-state index is -3.43. The van der Waals surface area contributed by atoms with Crippen molar-refractivity contribution in [1.82, 2.24) is 18.6 Å². The Morgan fingerprint density at radius 3 is 2.61 bits per heavy atom. The van der Waals surface area contributed by atoms with Crippen LogP contribution in [0.15, 0.2) is 6.07 Å². The van der Waals surface area contributed by atoms with E-state index in [0.29, 0.717) is 57.5 Å². The minimum Gasteiger partial charge on any atom is -0.473 e. The molecule has 0 aromatic carbocycles. The molecule has 3 heterocycles. The number of ether oxygens (including phenoxy) is 2. The smallest absolute Gasteiger partial charge is 0.282 e. The maximum Gasteiger partial charge on any atom is 0.282 e. The highest BCUT2D eigenvalue weighted by Gasteiger charge is 2.37. The Balaban J connectivity index is 1.63. The lowest BCUT2D eigenvalue weighted by molar-refractivity contribution is 0.0703. The monoisotopic (exact) mass is 342 g/mol. The van der Waals surface area contributed by atoms with Gasteiger partial charge in [0.15, 0.2) is 0 Å². The first-order valence-corrected chi connectivity index (χ1v) is 9.17. The van der Waals surface area contributed by atoms with Gasteiger partial charge in [-0.1, -0.05) is 0 Å². The fraction of sp³-hybridized carbons (Fsp3) is 0.714. The molecule has 0 spiro atoms. The first-order valence-electron chi connectivity index (χ1n) is 7.77. The Labute approximate surface area is 136 Å². The van der Waals surface area contributed by atoms with Crippen LogP contribution < -0.4 is 4.74 Å². The highest BCUT2D eigenvalue weighted by atomic mass is 32.2. The number of rotatable bonds is 4. The minimum absolute atomic E-state index is 0.181. The first kappa shape index (κ1) is 16.6. The van der Waals surface area contributed by atoms with E-state index in [1.165, 1.54) is 8.61 Å². The second-order valence-corrected chi connectivity index (χ2v) is 7.73. The molecule has 0 amide bonds. The van der Waals surface area contributed by atoms with Crippen LogP contribution in [0.2, 0.25) is 0 Å². The summed E-state index contributed by atoms with van der Waals surface area (Å²) in [5.74, 6) is 1.15. The molecule has 0 unspecified atom stereocenters. The van der Waals surface area contributed by atoms with Gasteiger partial charge in [0.2, 0.25) is 5.88 Å². The van der Waals surface area contributed by atoms with Crippen LogP contribution in [0.5, 0.6) is 5.88 Å². The van der Waals surface area contributed by atoms with Gasteiger partial charge in [0.25, 0.3) is 10.2 Å². The zero-order valence-corrected chi connectivity index (χ0v) is 14.3. The standard InChI is InChI=1S/C14H22N4O4S/c1-11-9-14(16-12(2)15-11)22-13-3-4-18(10-13)23(19,20)17-5-7-21-8-6-17/h9,13H,3-8,10H2,1-2H3/t13-/m1/s1. The largest absolute Gasteiger partial charge is 0.473 e. The third-order valence-electron chi connectivity index (χ3n) is 3.96. The molecule has 2 saturated heterocycles. The normalized spacial score (nSPS) is 24.0. The summed E-state index contributed by atoms with van der Waals surface area (Å²) in [5.41, 5.74) is 0.836. The average molecular weight is 342 g/mol. The van der Waals surface area contributed by atoms with E-state index < -0.39 is 10.2 Å². The predicted octanol–water partition coefficient (Wildman–Crippen LogP) is 0.124. The van der Waals surface area contributed by atoms with Crippen LogP contribution in [-0.2, 0) is 14.9 Å². The molecule has 23 heavy (non-hydrogen) atoms. The fourth-order valence-corrected chi connectivity index (χ4v) is 4.49. The first-order chi connectivity index (χ1) is 10.9. The van der Waals surface area contributed by atoms with Gasteiger partial charge in [0.05, 0.1) is 19.8 Å². The average Bonchev–Trinajstić information content (AvgIpc) is 2.96. The topological polar surface area (TPSA) is 84.9 Å². The molecule has 8 nitrogen and oxygen atoms in total. The molecule has 1 atom stereocenters.